The number of methoxy groups -OCH3 is 2. The van der Waals surface area contributed by atoms with Gasteiger partial charge in [0.15, 0.2) is 0 Å². The third-order valence-corrected chi connectivity index (χ3v) is 27.6. The van der Waals surface area contributed by atoms with Crippen LogP contribution in [-0.4, -0.2) is 313 Å². The highest BCUT2D eigenvalue weighted by Gasteiger charge is 2.21. The number of hydrogen-bond donors (Lipinski definition) is 3. The van der Waals surface area contributed by atoms with Gasteiger partial charge < -0.3 is 94.2 Å². The number of morpholine rings is 1. The monoisotopic (exact) mass is 1640 g/mol. The fourth-order valence-corrected chi connectivity index (χ4v) is 15.8. The standard InChI is InChI=1S/C13H13OP.C11H17O2P.C8H18NO2P.C7H15O2P.C6H13O3P.C6H15O3P.C6H13O2P.C5H13O3P.C5H13O2P.C3H9OP/c1-15(14,12-8-4-2-5-9-12)13-10-6-3-7-11-13;1-13-8-9-14(2,12)10-11-6-4-3-5-7-11;1-12(2,10)8-5-9-3-6-11-7-4-9;1-7(8)5-4-6-10(2,3)9;1-6(7)9-4-5-10(2,3)8;1-10(2,8)6-5-9-4-3-7;1-6(7)4-5-9(2,3)8;1-9(8,4-2-6)5-3-7;1-7-4-5-8(2,3)6;1-5(2,3)4/h2-11H,1H3;3-7H,8-10H2,1-2H3;3-8H2,1-2H3;4-6H2,1-3H3;4-5H2,1-3H3;7H,3-6H2,1-2H3;4-5H2,1-3H3;6-7H,2-5H2,1H3;4-5H2,1-3H3;1-3H3. The zero-order chi connectivity index (χ0) is 80.6. The predicted molar refractivity (Wildman–Crippen MR) is 444 cm³/mol. The predicted octanol–water partition coefficient (Wildman–Crippen LogP) is 14.2. The summed E-state index contributed by atoms with van der Waals surface area (Å²) in [4.78, 5) is 33.3. The minimum Gasteiger partial charge on any atom is -0.465 e. The van der Waals surface area contributed by atoms with E-state index >= 15 is 0 Å². The molecule has 0 amide bonds. The lowest BCUT2D eigenvalue weighted by atomic mass is 10.2. The van der Waals surface area contributed by atoms with Gasteiger partial charge in [-0.25, -0.2) is 0 Å². The first kappa shape index (κ1) is 111. The van der Waals surface area contributed by atoms with Crippen LogP contribution in [0.1, 0.15) is 45.6 Å². The van der Waals surface area contributed by atoms with Gasteiger partial charge in [-0.05, 0) is 146 Å². The van der Waals surface area contributed by atoms with Gasteiger partial charge >= 0.3 is 5.97 Å². The Morgan fingerprint density at radius 1 is 0.412 bits per heavy atom. The minimum absolute atomic E-state index is 0.0394. The van der Waals surface area contributed by atoms with Crippen LogP contribution in [0.15, 0.2) is 91.0 Å². The van der Waals surface area contributed by atoms with E-state index in [-0.39, 0.29) is 44.0 Å². The second kappa shape index (κ2) is 61.2. The third-order valence-electron chi connectivity index (χ3n) is 12.8. The van der Waals surface area contributed by atoms with Crippen LogP contribution in [0.3, 0.4) is 0 Å². The van der Waals surface area contributed by atoms with Crippen molar-refractivity contribution in [1.29, 1.82) is 0 Å². The van der Waals surface area contributed by atoms with Crippen LogP contribution in [0.2, 0.25) is 0 Å². The van der Waals surface area contributed by atoms with E-state index < -0.39 is 71.4 Å². The molecule has 4 rings (SSSR count). The molecule has 1 saturated heterocycles. The highest BCUT2D eigenvalue weighted by molar-refractivity contribution is 7.78. The Morgan fingerprint density at radius 2 is 0.765 bits per heavy atom. The van der Waals surface area contributed by atoms with Crippen molar-refractivity contribution in [3.63, 3.8) is 0 Å². The van der Waals surface area contributed by atoms with Gasteiger partial charge in [-0.2, -0.15) is 0 Å². The molecule has 0 aliphatic carbocycles. The van der Waals surface area contributed by atoms with Gasteiger partial charge in [0.05, 0.1) is 117 Å². The maximum Gasteiger partial charge on any atom is 0.302 e. The van der Waals surface area contributed by atoms with E-state index in [0.717, 1.165) is 61.6 Å². The molecule has 3 N–H and O–H groups in total. The lowest BCUT2D eigenvalue weighted by molar-refractivity contribution is -0.140. The Bertz CT molecular complexity index is 3030. The number of nitrogens with zero attached hydrogens (tertiary/aromatic N) is 1. The molecule has 22 nitrogen and oxygen atoms in total. The lowest BCUT2D eigenvalue weighted by Crippen LogP contribution is -2.37. The molecule has 0 radical (unpaired) electrons. The summed E-state index contributed by atoms with van der Waals surface area (Å²) in [6.45, 7) is 42.8. The molecule has 1 unspecified atom stereocenters. The lowest BCUT2D eigenvalue weighted by Gasteiger charge is -2.26. The minimum atomic E-state index is -2.40. The quantitative estimate of drug-likeness (QED) is 0.0297. The summed E-state index contributed by atoms with van der Waals surface area (Å²) in [7, 11) is -16.4. The van der Waals surface area contributed by atoms with Crippen molar-refractivity contribution >= 4 is 99.6 Å². The van der Waals surface area contributed by atoms with Crippen molar-refractivity contribution in [1.82, 2.24) is 4.90 Å². The fraction of sp³-hybridized carbons (Fsp3) is 0.700. The number of esters is 1. The van der Waals surface area contributed by atoms with Gasteiger partial charge in [-0.3, -0.25) is 9.69 Å². The Kier molecular flexibility index (Phi) is 66.9. The Labute approximate surface area is 618 Å². The third kappa shape index (κ3) is 96.5. The summed E-state index contributed by atoms with van der Waals surface area (Å²) >= 11 is 0. The normalized spacial score (nSPS) is 13.2. The number of benzene rings is 3. The molecular formula is C70H139NO21P10. The van der Waals surface area contributed by atoms with Crippen molar-refractivity contribution in [3.05, 3.63) is 96.6 Å². The summed E-state index contributed by atoms with van der Waals surface area (Å²) in [5.74, 6) is 0.000764. The molecule has 1 atom stereocenters. The van der Waals surface area contributed by atoms with Gasteiger partial charge in [-0.15, -0.1) is 0 Å². The van der Waals surface area contributed by atoms with Crippen molar-refractivity contribution in [3.8, 4) is 0 Å². The van der Waals surface area contributed by atoms with Crippen molar-refractivity contribution < 1.29 is 99.0 Å². The zero-order valence-corrected chi connectivity index (χ0v) is 75.6. The second-order valence-corrected chi connectivity index (χ2v) is 63.6. The van der Waals surface area contributed by atoms with Crippen LogP contribution in [0.4, 0.5) is 0 Å². The smallest absolute Gasteiger partial charge is 0.302 e. The highest BCUT2D eigenvalue weighted by atomic mass is 31.2. The highest BCUT2D eigenvalue weighted by Crippen LogP contribution is 2.45. The number of carbonyl (C=O) groups excluding carboxylic acids is 3. The van der Waals surface area contributed by atoms with E-state index in [1.807, 2.05) is 118 Å². The van der Waals surface area contributed by atoms with E-state index in [2.05, 4.69) is 9.64 Å². The first-order valence-corrected chi connectivity index (χ1v) is 60.8. The Morgan fingerprint density at radius 3 is 1.08 bits per heavy atom. The van der Waals surface area contributed by atoms with Crippen molar-refractivity contribution in [2.24, 2.45) is 0 Å². The van der Waals surface area contributed by atoms with Crippen LogP contribution in [0.5, 0.6) is 0 Å². The van der Waals surface area contributed by atoms with Gasteiger partial charge in [-0.1, -0.05) is 91.0 Å². The van der Waals surface area contributed by atoms with Crippen LogP contribution in [-0.2, 0) is 89.9 Å². The van der Waals surface area contributed by atoms with E-state index in [1.165, 1.54) is 13.8 Å². The molecule has 1 fully saturated rings. The molecule has 600 valence electrons. The molecule has 1 aliphatic rings. The number of ketones is 2. The molecule has 1 aliphatic heterocycles. The van der Waals surface area contributed by atoms with E-state index in [4.69, 9.17) is 34.3 Å². The van der Waals surface area contributed by atoms with Gasteiger partial charge in [0.2, 0.25) is 0 Å². The summed E-state index contributed by atoms with van der Waals surface area (Å²) in [5, 5.41) is 26.9. The first-order chi connectivity index (χ1) is 46.4. The van der Waals surface area contributed by atoms with Gasteiger partial charge in [0.25, 0.3) is 0 Å². The Balaban J connectivity index is -0.000000254. The SMILES string of the molecule is CC(=O)CCCP(C)(C)=O.CC(=O)CCP(C)(C)=O.CC(=O)OCCP(C)(C)=O.COCCP(C)(=O)Cc1ccccc1.COCCP(C)(C)=O.CP(=O)(CCO)CCO.CP(=O)(c1ccccc1)c1ccccc1.CP(C)(=O)CCN1CCOCC1.CP(C)(=O)CCOCCO.CP(C)(C)=O. The average molecular weight is 1640 g/mol. The van der Waals surface area contributed by atoms with Crippen LogP contribution < -0.4 is 10.6 Å². The van der Waals surface area contributed by atoms with E-state index in [0.29, 0.717) is 94.7 Å². The second-order valence-electron chi connectivity index (χ2n) is 28.5. The maximum atomic E-state index is 12.6. The molecule has 1 heterocycles. The molecule has 0 bridgehead atoms. The zero-order valence-electron chi connectivity index (χ0n) is 66.7. The average Bonchev–Trinajstić information content (AvgIpc) is 0.816. The molecule has 0 aromatic heterocycles. The van der Waals surface area contributed by atoms with E-state index in [1.54, 1.807) is 114 Å². The summed E-state index contributed by atoms with van der Waals surface area (Å²) in [5.41, 5.74) is 1.15. The number of rotatable bonds is 32. The van der Waals surface area contributed by atoms with Crippen LogP contribution in [0.25, 0.3) is 0 Å². The molecule has 32 heteroatoms. The van der Waals surface area contributed by atoms with Crippen molar-refractivity contribution in [2.75, 3.05) is 275 Å². The molecule has 0 spiro atoms. The number of Topliss-reactive ketones (excluding diaryl/α,β-unsaturated/α-hetero) is 2. The van der Waals surface area contributed by atoms with E-state index in [9.17, 15) is 60.0 Å². The summed E-state index contributed by atoms with van der Waals surface area (Å²) in [6.07, 6.45) is 7.69. The summed E-state index contributed by atoms with van der Waals surface area (Å²) < 4.78 is 137. The van der Waals surface area contributed by atoms with Gasteiger partial charge in [0.1, 0.15) is 18.7 Å². The molecule has 0 saturated carbocycles. The van der Waals surface area contributed by atoms with Crippen LogP contribution >= 0.6 is 71.4 Å². The maximum absolute atomic E-state index is 12.6. The number of hydrogen-bond acceptors (Lipinski definition) is 22. The van der Waals surface area contributed by atoms with Crippen molar-refractivity contribution in [2.45, 2.75) is 46.2 Å². The number of carbonyl (C=O) groups is 3. The topological polar surface area (TPSA) is 332 Å². The first-order valence-electron chi connectivity index (χ1n) is 33.8. The molecule has 3 aromatic rings. The van der Waals surface area contributed by atoms with Gasteiger partial charge in [0, 0.05) is 139 Å². The summed E-state index contributed by atoms with van der Waals surface area (Å²) in [6, 6.07) is 29.2. The number of aliphatic hydroxyl groups excluding tert-OH is 3. The number of aliphatic hydroxyl groups is 3. The largest absolute Gasteiger partial charge is 0.465 e. The fourth-order valence-electron chi connectivity index (χ4n) is 6.96. The number of ether oxygens (including phenoxy) is 5. The van der Waals surface area contributed by atoms with Crippen LogP contribution in [0, 0.1) is 0 Å². The molecular weight excluding hydrogens is 1500 g/mol. The molecule has 102 heavy (non-hydrogen) atoms. The molecule has 3 aromatic carbocycles. The Hall–Kier alpha value is -1.55.